The molecule has 6 nitrogen and oxygen atoms in total. The molecule has 2 N–H and O–H groups in total. The second-order valence-corrected chi connectivity index (χ2v) is 6.83. The quantitative estimate of drug-likeness (QED) is 0.814. The molecule has 1 rings (SSSR count). The number of sulfone groups is 1. The maximum absolute atomic E-state index is 11.2. The molecule has 1 heterocycles. The van der Waals surface area contributed by atoms with Gasteiger partial charge < -0.3 is 10.5 Å². The first-order valence-corrected chi connectivity index (χ1v) is 7.84. The highest BCUT2D eigenvalue weighted by atomic mass is 79.9. The van der Waals surface area contributed by atoms with Crippen molar-refractivity contribution in [3.05, 3.63) is 16.4 Å². The molecule has 98 valence electrons. The van der Waals surface area contributed by atoms with Crippen LogP contribution >= 0.6 is 15.9 Å². The van der Waals surface area contributed by atoms with Gasteiger partial charge in [0.05, 0.1) is 41.3 Å². The van der Waals surface area contributed by atoms with Gasteiger partial charge >= 0.3 is 0 Å². The molecule has 0 saturated carbocycles. The fraction of sp³-hybridized carbons (Fsp3) is 0.667. The maximum atomic E-state index is 11.2. The summed E-state index contributed by atoms with van der Waals surface area (Å²) in [5.41, 5.74) is 6.56. The van der Waals surface area contributed by atoms with Crippen molar-refractivity contribution in [2.45, 2.75) is 12.6 Å². The Morgan fingerprint density at radius 2 is 2.29 bits per heavy atom. The molecule has 1 unspecified atom stereocenters. The lowest BCUT2D eigenvalue weighted by Crippen LogP contribution is -2.25. The van der Waals surface area contributed by atoms with E-state index in [0.717, 1.165) is 6.26 Å². The van der Waals surface area contributed by atoms with Gasteiger partial charge in [-0.15, -0.1) is 0 Å². The predicted octanol–water partition coefficient (Wildman–Crippen LogP) is 0.336. The summed E-state index contributed by atoms with van der Waals surface area (Å²) in [4.78, 5) is 0. The zero-order valence-electron chi connectivity index (χ0n) is 9.76. The van der Waals surface area contributed by atoms with Crippen LogP contribution in [0.3, 0.4) is 0 Å². The Morgan fingerprint density at radius 1 is 1.65 bits per heavy atom. The molecular weight excluding hydrogens is 310 g/mol. The first-order valence-electron chi connectivity index (χ1n) is 4.98. The van der Waals surface area contributed by atoms with E-state index in [1.165, 1.54) is 0 Å². The van der Waals surface area contributed by atoms with Gasteiger partial charge in [-0.1, -0.05) is 0 Å². The van der Waals surface area contributed by atoms with Crippen LogP contribution in [0, 0.1) is 0 Å². The minimum atomic E-state index is -3.12. The normalized spacial score (nSPS) is 13.9. The standard InChI is InChI=1S/C9H16BrN3O3S/c1-16-4-3-13-9(7(10)5-12-13)8(11)6-17(2,14)15/h5,8H,3-4,6,11H2,1-2H3. The van der Waals surface area contributed by atoms with Crippen molar-refractivity contribution in [1.29, 1.82) is 0 Å². The highest BCUT2D eigenvalue weighted by Crippen LogP contribution is 2.22. The van der Waals surface area contributed by atoms with Crippen LogP contribution in [0.4, 0.5) is 0 Å². The van der Waals surface area contributed by atoms with Crippen molar-refractivity contribution in [3.8, 4) is 0 Å². The molecule has 1 aromatic rings. The zero-order valence-corrected chi connectivity index (χ0v) is 12.2. The average Bonchev–Trinajstić information content (AvgIpc) is 2.54. The third kappa shape index (κ3) is 4.38. The highest BCUT2D eigenvalue weighted by Gasteiger charge is 2.20. The van der Waals surface area contributed by atoms with Crippen molar-refractivity contribution in [3.63, 3.8) is 0 Å². The lowest BCUT2D eigenvalue weighted by Gasteiger charge is -2.14. The summed E-state index contributed by atoms with van der Waals surface area (Å²) in [5, 5.41) is 4.12. The van der Waals surface area contributed by atoms with Crippen molar-refractivity contribution in [2.75, 3.05) is 25.7 Å². The molecule has 0 bridgehead atoms. The number of rotatable bonds is 6. The second kappa shape index (κ2) is 5.94. The fourth-order valence-corrected chi connectivity index (χ4v) is 2.90. The minimum Gasteiger partial charge on any atom is -0.383 e. The predicted molar refractivity (Wildman–Crippen MR) is 68.4 cm³/mol. The summed E-state index contributed by atoms with van der Waals surface area (Å²) in [7, 11) is -1.53. The summed E-state index contributed by atoms with van der Waals surface area (Å²) in [5.74, 6) is -0.107. The van der Waals surface area contributed by atoms with Crippen LogP contribution in [0.25, 0.3) is 0 Å². The number of nitrogens with zero attached hydrogens (tertiary/aromatic N) is 2. The first kappa shape index (κ1) is 14.6. The number of aromatic nitrogens is 2. The molecular formula is C9H16BrN3O3S. The largest absolute Gasteiger partial charge is 0.383 e. The average molecular weight is 326 g/mol. The number of hydrogen-bond donors (Lipinski definition) is 1. The minimum absolute atomic E-state index is 0.107. The van der Waals surface area contributed by atoms with Crippen LogP contribution < -0.4 is 5.73 Å². The summed E-state index contributed by atoms with van der Waals surface area (Å²) in [6.07, 6.45) is 2.77. The number of methoxy groups -OCH3 is 1. The molecule has 0 aliphatic carbocycles. The summed E-state index contributed by atoms with van der Waals surface area (Å²) in [6, 6.07) is -0.598. The van der Waals surface area contributed by atoms with E-state index in [-0.39, 0.29) is 5.75 Å². The molecule has 0 aliphatic rings. The molecule has 0 radical (unpaired) electrons. The SMILES string of the molecule is COCCn1ncc(Br)c1C(N)CS(C)(=O)=O. The molecule has 0 aliphatic heterocycles. The lowest BCUT2D eigenvalue weighted by atomic mass is 10.2. The zero-order chi connectivity index (χ0) is 13.1. The Hall–Kier alpha value is -0.440. The third-order valence-corrected chi connectivity index (χ3v) is 3.75. The van der Waals surface area contributed by atoms with Gasteiger partial charge in [0.2, 0.25) is 0 Å². The van der Waals surface area contributed by atoms with E-state index >= 15 is 0 Å². The van der Waals surface area contributed by atoms with Crippen LogP contribution in [0.15, 0.2) is 10.7 Å². The Morgan fingerprint density at radius 3 is 2.82 bits per heavy atom. The van der Waals surface area contributed by atoms with Gasteiger partial charge in [0.1, 0.15) is 9.84 Å². The lowest BCUT2D eigenvalue weighted by molar-refractivity contribution is 0.182. The molecule has 1 atom stereocenters. The molecule has 0 amide bonds. The summed E-state index contributed by atoms with van der Waals surface area (Å²) in [6.45, 7) is 1.03. The number of hydrogen-bond acceptors (Lipinski definition) is 5. The van der Waals surface area contributed by atoms with Gasteiger partial charge in [0.15, 0.2) is 0 Å². The van der Waals surface area contributed by atoms with Gasteiger partial charge in [-0.25, -0.2) is 8.42 Å². The molecule has 8 heteroatoms. The molecule has 17 heavy (non-hydrogen) atoms. The highest BCUT2D eigenvalue weighted by molar-refractivity contribution is 9.10. The van der Waals surface area contributed by atoms with Crippen LogP contribution in [0.2, 0.25) is 0 Å². The molecule has 0 saturated heterocycles. The second-order valence-electron chi connectivity index (χ2n) is 3.79. The Kier molecular flexibility index (Phi) is 5.11. The molecule has 0 spiro atoms. The topological polar surface area (TPSA) is 87.2 Å². The van der Waals surface area contributed by atoms with E-state index in [1.54, 1.807) is 18.0 Å². The van der Waals surface area contributed by atoms with Crippen molar-refractivity contribution in [2.24, 2.45) is 5.73 Å². The van der Waals surface area contributed by atoms with Crippen LogP contribution in [0.5, 0.6) is 0 Å². The Bertz CT molecular complexity index is 472. The summed E-state index contributed by atoms with van der Waals surface area (Å²) < 4.78 is 29.8. The third-order valence-electron chi connectivity index (χ3n) is 2.17. The summed E-state index contributed by atoms with van der Waals surface area (Å²) >= 11 is 3.32. The van der Waals surface area contributed by atoms with Crippen LogP contribution in [-0.4, -0.2) is 43.9 Å². The monoisotopic (exact) mass is 325 g/mol. The van der Waals surface area contributed by atoms with Crippen LogP contribution in [0.1, 0.15) is 11.7 Å². The van der Waals surface area contributed by atoms with Crippen molar-refractivity contribution >= 4 is 25.8 Å². The first-order chi connectivity index (χ1) is 7.85. The molecule has 0 aromatic carbocycles. The van der Waals surface area contributed by atoms with Crippen LogP contribution in [-0.2, 0) is 21.1 Å². The van der Waals surface area contributed by atoms with Gasteiger partial charge in [-0.05, 0) is 15.9 Å². The van der Waals surface area contributed by atoms with Gasteiger partial charge in [-0.3, -0.25) is 4.68 Å². The van der Waals surface area contributed by atoms with E-state index in [2.05, 4.69) is 21.0 Å². The van der Waals surface area contributed by atoms with Gasteiger partial charge in [0, 0.05) is 13.4 Å². The van der Waals surface area contributed by atoms with Crippen molar-refractivity contribution in [1.82, 2.24) is 9.78 Å². The van der Waals surface area contributed by atoms with E-state index < -0.39 is 15.9 Å². The number of nitrogens with two attached hydrogens (primary N) is 1. The number of halogens is 1. The van der Waals surface area contributed by atoms with E-state index in [1.807, 2.05) is 0 Å². The Labute approximate surface area is 109 Å². The molecule has 0 fully saturated rings. The van der Waals surface area contributed by atoms with Gasteiger partial charge in [0.25, 0.3) is 0 Å². The maximum Gasteiger partial charge on any atom is 0.149 e. The smallest absolute Gasteiger partial charge is 0.149 e. The Balaban J connectivity index is 2.91. The number of ether oxygens (including phenoxy) is 1. The fourth-order valence-electron chi connectivity index (χ4n) is 1.50. The van der Waals surface area contributed by atoms with E-state index in [4.69, 9.17) is 10.5 Å². The van der Waals surface area contributed by atoms with E-state index in [0.29, 0.717) is 23.3 Å². The van der Waals surface area contributed by atoms with Crippen molar-refractivity contribution < 1.29 is 13.2 Å². The van der Waals surface area contributed by atoms with E-state index in [9.17, 15) is 8.42 Å². The van der Waals surface area contributed by atoms with Gasteiger partial charge in [-0.2, -0.15) is 5.10 Å². The molecule has 1 aromatic heterocycles.